The van der Waals surface area contributed by atoms with E-state index in [9.17, 15) is 4.79 Å². The first kappa shape index (κ1) is 16.0. The molecule has 0 spiro atoms. The van der Waals surface area contributed by atoms with Crippen LogP contribution in [0.1, 0.15) is 32.0 Å². The zero-order chi connectivity index (χ0) is 15.8. The van der Waals surface area contributed by atoms with Crippen LogP contribution in [0.5, 0.6) is 5.75 Å². The molecule has 0 aliphatic carbocycles. The second-order valence-corrected chi connectivity index (χ2v) is 4.98. The number of benzene rings is 1. The van der Waals surface area contributed by atoms with Gasteiger partial charge in [-0.15, -0.1) is 0 Å². The fourth-order valence-corrected chi connectivity index (χ4v) is 2.01. The van der Waals surface area contributed by atoms with Crippen molar-refractivity contribution in [1.29, 1.82) is 0 Å². The molecule has 1 amide bonds. The molecule has 118 valence electrons. The minimum atomic E-state index is -0.0888. The molecule has 2 aromatic rings. The Hall–Kier alpha value is -2.37. The third-order valence-electron chi connectivity index (χ3n) is 3.21. The van der Waals surface area contributed by atoms with Gasteiger partial charge in [0.25, 0.3) is 5.89 Å². The molecular formula is C16H21N3O3. The van der Waals surface area contributed by atoms with Gasteiger partial charge in [-0.3, -0.25) is 4.79 Å². The van der Waals surface area contributed by atoms with E-state index in [-0.39, 0.29) is 12.3 Å². The van der Waals surface area contributed by atoms with Crippen molar-refractivity contribution >= 4 is 5.91 Å². The molecule has 22 heavy (non-hydrogen) atoms. The van der Waals surface area contributed by atoms with E-state index in [2.05, 4.69) is 22.4 Å². The number of hydrogen-bond acceptors (Lipinski definition) is 5. The van der Waals surface area contributed by atoms with Gasteiger partial charge in [0, 0.05) is 12.1 Å². The summed E-state index contributed by atoms with van der Waals surface area (Å²) < 4.78 is 10.4. The molecule has 0 aliphatic heterocycles. The fourth-order valence-electron chi connectivity index (χ4n) is 2.01. The van der Waals surface area contributed by atoms with Gasteiger partial charge >= 0.3 is 0 Å². The Labute approximate surface area is 129 Å². The van der Waals surface area contributed by atoms with Crippen LogP contribution in [0.15, 0.2) is 28.8 Å². The molecule has 0 aliphatic rings. The van der Waals surface area contributed by atoms with Crippen molar-refractivity contribution in [2.24, 2.45) is 0 Å². The number of unbranched alkanes of at least 4 members (excludes halogenated alkanes) is 2. The highest BCUT2D eigenvalue weighted by atomic mass is 16.5. The Bertz CT molecular complexity index is 610. The molecule has 1 aromatic heterocycles. The predicted octanol–water partition coefficient (Wildman–Crippen LogP) is 2.59. The summed E-state index contributed by atoms with van der Waals surface area (Å²) in [4.78, 5) is 16.0. The lowest BCUT2D eigenvalue weighted by Crippen LogP contribution is -2.26. The van der Waals surface area contributed by atoms with Crippen molar-refractivity contribution in [1.82, 2.24) is 15.5 Å². The molecule has 2 rings (SSSR count). The summed E-state index contributed by atoms with van der Waals surface area (Å²) in [7, 11) is 1.60. The maximum absolute atomic E-state index is 11.8. The number of carbonyl (C=O) groups excluding carboxylic acids is 1. The van der Waals surface area contributed by atoms with Crippen molar-refractivity contribution in [3.63, 3.8) is 0 Å². The Kier molecular flexibility index (Phi) is 5.94. The third kappa shape index (κ3) is 4.58. The lowest BCUT2D eigenvalue weighted by Gasteiger charge is -2.01. The normalized spacial score (nSPS) is 10.5. The van der Waals surface area contributed by atoms with E-state index in [1.807, 2.05) is 24.3 Å². The quantitative estimate of drug-likeness (QED) is 0.758. The first-order chi connectivity index (χ1) is 10.7. The van der Waals surface area contributed by atoms with Crippen molar-refractivity contribution < 1.29 is 14.1 Å². The molecule has 1 heterocycles. The first-order valence-corrected chi connectivity index (χ1v) is 7.46. The summed E-state index contributed by atoms with van der Waals surface area (Å²) in [6.07, 6.45) is 3.36. The highest BCUT2D eigenvalue weighted by molar-refractivity contribution is 5.77. The van der Waals surface area contributed by atoms with Gasteiger partial charge in [-0.05, 0) is 24.6 Å². The van der Waals surface area contributed by atoms with E-state index < -0.39 is 0 Å². The number of methoxy groups -OCH3 is 1. The van der Waals surface area contributed by atoms with Crippen LogP contribution >= 0.6 is 0 Å². The Morgan fingerprint density at radius 2 is 2.23 bits per heavy atom. The second kappa shape index (κ2) is 8.17. The minimum Gasteiger partial charge on any atom is -0.497 e. The van der Waals surface area contributed by atoms with Gasteiger partial charge in [0.1, 0.15) is 5.75 Å². The van der Waals surface area contributed by atoms with E-state index in [0.29, 0.717) is 24.0 Å². The lowest BCUT2D eigenvalue weighted by molar-refractivity contribution is -0.120. The van der Waals surface area contributed by atoms with Crippen molar-refractivity contribution in [3.05, 3.63) is 30.1 Å². The van der Waals surface area contributed by atoms with E-state index >= 15 is 0 Å². The molecule has 0 bridgehead atoms. The van der Waals surface area contributed by atoms with Gasteiger partial charge in [-0.2, -0.15) is 4.98 Å². The summed E-state index contributed by atoms with van der Waals surface area (Å²) in [5.41, 5.74) is 0.765. The molecule has 1 aromatic carbocycles. The van der Waals surface area contributed by atoms with Crippen LogP contribution in [0.25, 0.3) is 11.5 Å². The molecule has 0 radical (unpaired) electrons. The van der Waals surface area contributed by atoms with Gasteiger partial charge < -0.3 is 14.6 Å². The highest BCUT2D eigenvalue weighted by Gasteiger charge is 2.12. The summed E-state index contributed by atoms with van der Waals surface area (Å²) in [6, 6.07) is 7.34. The SMILES string of the molecule is CCCCCNC(=O)Cc1noc(-c2cccc(OC)c2)n1. The van der Waals surface area contributed by atoms with Gasteiger partial charge in [0.05, 0.1) is 13.5 Å². The number of rotatable bonds is 8. The van der Waals surface area contributed by atoms with Gasteiger partial charge in [-0.25, -0.2) is 0 Å². The average molecular weight is 303 g/mol. The topological polar surface area (TPSA) is 77.2 Å². The van der Waals surface area contributed by atoms with Crippen LogP contribution in [0, 0.1) is 0 Å². The molecule has 6 heteroatoms. The van der Waals surface area contributed by atoms with E-state index in [1.165, 1.54) is 0 Å². The standard InChI is InChI=1S/C16H21N3O3/c1-3-4-5-9-17-15(20)11-14-18-16(22-19-14)12-7-6-8-13(10-12)21-2/h6-8,10H,3-5,9,11H2,1-2H3,(H,17,20). The lowest BCUT2D eigenvalue weighted by atomic mass is 10.2. The highest BCUT2D eigenvalue weighted by Crippen LogP contribution is 2.22. The van der Waals surface area contributed by atoms with E-state index in [0.717, 1.165) is 24.8 Å². The number of ether oxygens (including phenoxy) is 1. The van der Waals surface area contributed by atoms with Crippen LogP contribution in [0.4, 0.5) is 0 Å². The number of nitrogens with zero attached hydrogens (tertiary/aromatic N) is 2. The second-order valence-electron chi connectivity index (χ2n) is 4.98. The van der Waals surface area contributed by atoms with Crippen LogP contribution in [0.3, 0.4) is 0 Å². The largest absolute Gasteiger partial charge is 0.497 e. The summed E-state index contributed by atoms with van der Waals surface area (Å²) >= 11 is 0. The third-order valence-corrected chi connectivity index (χ3v) is 3.21. The molecule has 0 saturated carbocycles. The smallest absolute Gasteiger partial charge is 0.258 e. The molecule has 6 nitrogen and oxygen atoms in total. The van der Waals surface area contributed by atoms with Gasteiger partial charge in [-0.1, -0.05) is 31.0 Å². The molecule has 0 unspecified atom stereocenters. The maximum Gasteiger partial charge on any atom is 0.258 e. The zero-order valence-electron chi connectivity index (χ0n) is 13.0. The Morgan fingerprint density at radius 1 is 1.36 bits per heavy atom. The van der Waals surface area contributed by atoms with Gasteiger partial charge in [0.15, 0.2) is 5.82 Å². The van der Waals surface area contributed by atoms with Crippen molar-refractivity contribution in [2.45, 2.75) is 32.6 Å². The molecule has 1 N–H and O–H groups in total. The number of amides is 1. The monoisotopic (exact) mass is 303 g/mol. The Balaban J connectivity index is 1.92. The molecule has 0 fully saturated rings. The van der Waals surface area contributed by atoms with Gasteiger partial charge in [0.2, 0.25) is 5.91 Å². The number of nitrogens with one attached hydrogen (secondary N) is 1. The fraction of sp³-hybridized carbons (Fsp3) is 0.438. The predicted molar refractivity (Wildman–Crippen MR) is 82.5 cm³/mol. The maximum atomic E-state index is 11.8. The number of aromatic nitrogens is 2. The zero-order valence-corrected chi connectivity index (χ0v) is 13.0. The van der Waals surface area contributed by atoms with E-state index in [4.69, 9.17) is 9.26 Å². The van der Waals surface area contributed by atoms with Crippen LogP contribution in [-0.4, -0.2) is 29.7 Å². The first-order valence-electron chi connectivity index (χ1n) is 7.46. The molecular weight excluding hydrogens is 282 g/mol. The summed E-state index contributed by atoms with van der Waals surface area (Å²) in [6.45, 7) is 2.81. The van der Waals surface area contributed by atoms with Crippen LogP contribution in [0.2, 0.25) is 0 Å². The van der Waals surface area contributed by atoms with Crippen LogP contribution < -0.4 is 10.1 Å². The number of hydrogen-bond donors (Lipinski definition) is 1. The summed E-state index contributed by atoms with van der Waals surface area (Å²) in [5, 5.41) is 6.70. The minimum absolute atomic E-state index is 0.0888. The average Bonchev–Trinajstić information content (AvgIpc) is 3.00. The van der Waals surface area contributed by atoms with E-state index in [1.54, 1.807) is 7.11 Å². The summed E-state index contributed by atoms with van der Waals surface area (Å²) in [5.74, 6) is 1.39. The van der Waals surface area contributed by atoms with Crippen LogP contribution in [-0.2, 0) is 11.2 Å². The number of carbonyl (C=O) groups is 1. The van der Waals surface area contributed by atoms with Crippen molar-refractivity contribution in [3.8, 4) is 17.2 Å². The Morgan fingerprint density at radius 3 is 3.00 bits per heavy atom. The molecule has 0 atom stereocenters. The molecule has 0 saturated heterocycles. The van der Waals surface area contributed by atoms with Crippen molar-refractivity contribution in [2.75, 3.05) is 13.7 Å².